The Hall–Kier alpha value is -2.20. The predicted octanol–water partition coefficient (Wildman–Crippen LogP) is 3.92. The number of hydrogen-bond donors (Lipinski definition) is 0. The summed E-state index contributed by atoms with van der Waals surface area (Å²) in [6.07, 6.45) is 0.565. The van der Waals surface area contributed by atoms with Gasteiger partial charge in [0.15, 0.2) is 11.5 Å². The Morgan fingerprint density at radius 3 is 2.23 bits per heavy atom. The highest BCUT2D eigenvalue weighted by atomic mass is 16.5. The van der Waals surface area contributed by atoms with Gasteiger partial charge in [0.25, 0.3) is 0 Å². The Morgan fingerprint density at radius 1 is 0.909 bits per heavy atom. The molecule has 1 heterocycles. The molecular formula is C18H20O4. The lowest BCUT2D eigenvalue weighted by Gasteiger charge is -2.33. The van der Waals surface area contributed by atoms with Crippen LogP contribution < -0.4 is 14.2 Å². The minimum Gasteiger partial charge on any atom is -0.496 e. The molecule has 0 aromatic heterocycles. The van der Waals surface area contributed by atoms with E-state index in [-0.39, 0.29) is 12.2 Å². The first kappa shape index (κ1) is 14.7. The Bertz CT molecular complexity index is 639. The molecule has 0 amide bonds. The topological polar surface area (TPSA) is 36.9 Å². The maximum Gasteiger partial charge on any atom is 0.171 e. The molecule has 2 aromatic rings. The molecule has 0 saturated heterocycles. The van der Waals surface area contributed by atoms with Gasteiger partial charge in [-0.1, -0.05) is 30.3 Å². The Morgan fingerprint density at radius 2 is 1.59 bits per heavy atom. The molecule has 2 unspecified atom stereocenters. The molecule has 3 rings (SSSR count). The molecule has 2 atom stereocenters. The van der Waals surface area contributed by atoms with Gasteiger partial charge < -0.3 is 18.9 Å². The zero-order valence-corrected chi connectivity index (χ0v) is 13.0. The van der Waals surface area contributed by atoms with Gasteiger partial charge in [-0.3, -0.25) is 0 Å². The number of ether oxygens (including phenoxy) is 4. The number of methoxy groups -OCH3 is 3. The SMILES string of the molecule is COc1ccc(OC)c2c1OC(c1ccccc1)CC2OC. The van der Waals surface area contributed by atoms with Gasteiger partial charge >= 0.3 is 0 Å². The van der Waals surface area contributed by atoms with Crippen molar-refractivity contribution in [3.63, 3.8) is 0 Å². The lowest BCUT2D eigenvalue weighted by Crippen LogP contribution is -2.21. The highest BCUT2D eigenvalue weighted by Gasteiger charge is 2.34. The van der Waals surface area contributed by atoms with Gasteiger partial charge in [0.1, 0.15) is 11.9 Å². The summed E-state index contributed by atoms with van der Waals surface area (Å²) in [5.41, 5.74) is 2.04. The molecule has 0 radical (unpaired) electrons. The average molecular weight is 300 g/mol. The van der Waals surface area contributed by atoms with Crippen LogP contribution in [0.25, 0.3) is 0 Å². The third kappa shape index (κ3) is 2.50. The standard InChI is InChI=1S/C18H20O4/c1-19-13-9-10-14(20-2)18-17(13)16(21-3)11-15(22-18)12-7-5-4-6-8-12/h4-10,15-16H,11H2,1-3H3. The molecule has 0 fully saturated rings. The van der Waals surface area contributed by atoms with Gasteiger partial charge in [-0.25, -0.2) is 0 Å². The number of rotatable bonds is 4. The van der Waals surface area contributed by atoms with Crippen molar-refractivity contribution in [2.75, 3.05) is 21.3 Å². The van der Waals surface area contributed by atoms with Crippen molar-refractivity contribution in [3.05, 3.63) is 53.6 Å². The van der Waals surface area contributed by atoms with Crippen LogP contribution in [-0.2, 0) is 4.74 Å². The Kier molecular flexibility index (Phi) is 4.20. The molecular weight excluding hydrogens is 280 g/mol. The molecule has 1 aliphatic rings. The first-order valence-electron chi connectivity index (χ1n) is 7.27. The molecule has 0 N–H and O–H groups in total. The van der Waals surface area contributed by atoms with Crippen LogP contribution in [0, 0.1) is 0 Å². The Balaban J connectivity index is 2.07. The van der Waals surface area contributed by atoms with E-state index >= 15 is 0 Å². The second-order valence-corrected chi connectivity index (χ2v) is 5.19. The van der Waals surface area contributed by atoms with E-state index in [4.69, 9.17) is 18.9 Å². The summed E-state index contributed by atoms with van der Waals surface area (Å²) in [6.45, 7) is 0. The third-order valence-corrected chi connectivity index (χ3v) is 4.03. The summed E-state index contributed by atoms with van der Waals surface area (Å²) in [6, 6.07) is 13.9. The van der Waals surface area contributed by atoms with Crippen LogP contribution in [0.5, 0.6) is 17.2 Å². The lowest BCUT2D eigenvalue weighted by molar-refractivity contribution is 0.0265. The summed E-state index contributed by atoms with van der Waals surface area (Å²) in [5.74, 6) is 2.15. The fourth-order valence-electron chi connectivity index (χ4n) is 2.92. The predicted molar refractivity (Wildman–Crippen MR) is 83.7 cm³/mol. The lowest BCUT2D eigenvalue weighted by atomic mass is 9.94. The largest absolute Gasteiger partial charge is 0.496 e. The molecule has 4 nitrogen and oxygen atoms in total. The van der Waals surface area contributed by atoms with Crippen molar-refractivity contribution >= 4 is 0 Å². The highest BCUT2D eigenvalue weighted by Crippen LogP contribution is 2.50. The Labute approximate surface area is 130 Å². The maximum atomic E-state index is 6.23. The van der Waals surface area contributed by atoms with Crippen LogP contribution in [0.2, 0.25) is 0 Å². The van der Waals surface area contributed by atoms with Crippen LogP contribution in [0.3, 0.4) is 0 Å². The minimum absolute atomic E-state index is 0.0698. The normalized spacial score (nSPS) is 20.0. The van der Waals surface area contributed by atoms with Crippen molar-refractivity contribution in [2.24, 2.45) is 0 Å². The summed E-state index contributed by atoms with van der Waals surface area (Å²) in [5, 5.41) is 0. The molecule has 0 saturated carbocycles. The van der Waals surface area contributed by atoms with E-state index in [9.17, 15) is 0 Å². The van der Waals surface area contributed by atoms with E-state index < -0.39 is 0 Å². The first-order chi connectivity index (χ1) is 10.8. The fraction of sp³-hybridized carbons (Fsp3) is 0.333. The quantitative estimate of drug-likeness (QED) is 0.857. The molecule has 2 aromatic carbocycles. The third-order valence-electron chi connectivity index (χ3n) is 4.03. The summed E-state index contributed by atoms with van der Waals surface area (Å²) >= 11 is 0. The van der Waals surface area contributed by atoms with Gasteiger partial charge in [-0.05, 0) is 17.7 Å². The number of benzene rings is 2. The van der Waals surface area contributed by atoms with Gasteiger partial charge in [0.05, 0.1) is 25.9 Å². The average Bonchev–Trinajstić information content (AvgIpc) is 2.60. The van der Waals surface area contributed by atoms with Crippen molar-refractivity contribution in [1.82, 2.24) is 0 Å². The maximum absolute atomic E-state index is 6.23. The second kappa shape index (κ2) is 6.28. The van der Waals surface area contributed by atoms with Crippen LogP contribution in [0.1, 0.15) is 29.8 Å². The van der Waals surface area contributed by atoms with Crippen LogP contribution >= 0.6 is 0 Å². The van der Waals surface area contributed by atoms with Crippen LogP contribution in [0.4, 0.5) is 0 Å². The zero-order chi connectivity index (χ0) is 15.5. The van der Waals surface area contributed by atoms with Gasteiger partial charge in [0.2, 0.25) is 0 Å². The molecule has 116 valence electrons. The molecule has 0 aliphatic carbocycles. The number of hydrogen-bond acceptors (Lipinski definition) is 4. The van der Waals surface area contributed by atoms with Crippen molar-refractivity contribution in [1.29, 1.82) is 0 Å². The monoisotopic (exact) mass is 300 g/mol. The summed E-state index contributed by atoms with van der Waals surface area (Å²) in [7, 11) is 5.00. The molecule has 22 heavy (non-hydrogen) atoms. The van der Waals surface area contributed by atoms with E-state index in [0.29, 0.717) is 11.5 Å². The smallest absolute Gasteiger partial charge is 0.171 e. The zero-order valence-electron chi connectivity index (χ0n) is 13.0. The van der Waals surface area contributed by atoms with E-state index in [0.717, 1.165) is 23.3 Å². The van der Waals surface area contributed by atoms with Gasteiger partial charge in [-0.15, -0.1) is 0 Å². The van der Waals surface area contributed by atoms with Gasteiger partial charge in [-0.2, -0.15) is 0 Å². The van der Waals surface area contributed by atoms with Gasteiger partial charge in [0, 0.05) is 13.5 Å². The molecule has 4 heteroatoms. The van der Waals surface area contributed by atoms with E-state index in [2.05, 4.69) is 12.1 Å². The molecule has 1 aliphatic heterocycles. The highest BCUT2D eigenvalue weighted by molar-refractivity contribution is 5.56. The summed E-state index contributed by atoms with van der Waals surface area (Å²) in [4.78, 5) is 0. The number of fused-ring (bicyclic) bond motifs is 1. The van der Waals surface area contributed by atoms with E-state index in [1.807, 2.05) is 30.3 Å². The molecule has 0 bridgehead atoms. The van der Waals surface area contributed by atoms with Crippen molar-refractivity contribution in [2.45, 2.75) is 18.6 Å². The minimum atomic E-state index is -0.0981. The van der Waals surface area contributed by atoms with Crippen molar-refractivity contribution in [3.8, 4) is 17.2 Å². The fourth-order valence-corrected chi connectivity index (χ4v) is 2.92. The first-order valence-corrected chi connectivity index (χ1v) is 7.27. The van der Waals surface area contributed by atoms with Crippen LogP contribution in [0.15, 0.2) is 42.5 Å². The second-order valence-electron chi connectivity index (χ2n) is 5.19. The van der Waals surface area contributed by atoms with Crippen molar-refractivity contribution < 1.29 is 18.9 Å². The van der Waals surface area contributed by atoms with E-state index in [1.165, 1.54) is 0 Å². The van der Waals surface area contributed by atoms with Crippen LogP contribution in [-0.4, -0.2) is 21.3 Å². The summed E-state index contributed by atoms with van der Waals surface area (Å²) < 4.78 is 22.8. The van der Waals surface area contributed by atoms with E-state index in [1.54, 1.807) is 21.3 Å². The molecule has 0 spiro atoms.